The molecule has 1 fully saturated rings. The highest BCUT2D eigenvalue weighted by Crippen LogP contribution is 2.15. The molecule has 1 saturated heterocycles. The maximum atomic E-state index is 12.0. The SMILES string of the molecule is CCCN1C(=O)C(=O)N(CC(=O)NCc2ccccc2Cl)C1=O. The van der Waals surface area contributed by atoms with E-state index < -0.39 is 30.3 Å². The Morgan fingerprint density at radius 3 is 2.43 bits per heavy atom. The molecule has 2 rings (SSSR count). The number of halogens is 1. The summed E-state index contributed by atoms with van der Waals surface area (Å²) in [4.78, 5) is 48.9. The molecular formula is C15H16ClN3O4. The molecule has 1 aliphatic rings. The van der Waals surface area contributed by atoms with Crippen molar-refractivity contribution in [2.75, 3.05) is 13.1 Å². The molecule has 5 amide bonds. The molecule has 0 spiro atoms. The van der Waals surface area contributed by atoms with Crippen LogP contribution in [0.3, 0.4) is 0 Å². The van der Waals surface area contributed by atoms with Crippen molar-refractivity contribution in [2.24, 2.45) is 0 Å². The van der Waals surface area contributed by atoms with Crippen molar-refractivity contribution in [3.63, 3.8) is 0 Å². The number of carbonyl (C=O) groups is 4. The lowest BCUT2D eigenvalue weighted by molar-refractivity contribution is -0.144. The summed E-state index contributed by atoms with van der Waals surface area (Å²) < 4.78 is 0. The summed E-state index contributed by atoms with van der Waals surface area (Å²) in [6, 6.07) is 6.24. The largest absolute Gasteiger partial charge is 0.350 e. The van der Waals surface area contributed by atoms with Gasteiger partial charge in [0.15, 0.2) is 0 Å². The van der Waals surface area contributed by atoms with Crippen molar-refractivity contribution in [2.45, 2.75) is 19.9 Å². The summed E-state index contributed by atoms with van der Waals surface area (Å²) in [5, 5.41) is 3.08. The topological polar surface area (TPSA) is 86.8 Å². The molecule has 1 aliphatic heterocycles. The molecule has 122 valence electrons. The molecule has 1 heterocycles. The fourth-order valence-electron chi connectivity index (χ4n) is 2.15. The van der Waals surface area contributed by atoms with Gasteiger partial charge in [0.1, 0.15) is 6.54 Å². The van der Waals surface area contributed by atoms with Gasteiger partial charge in [-0.25, -0.2) is 9.69 Å². The van der Waals surface area contributed by atoms with E-state index in [-0.39, 0.29) is 13.1 Å². The molecule has 1 aromatic rings. The van der Waals surface area contributed by atoms with Gasteiger partial charge in [-0.05, 0) is 18.1 Å². The first-order chi connectivity index (χ1) is 11.0. The lowest BCUT2D eigenvalue weighted by atomic mass is 10.2. The van der Waals surface area contributed by atoms with E-state index >= 15 is 0 Å². The minimum Gasteiger partial charge on any atom is -0.350 e. The average molecular weight is 338 g/mol. The first-order valence-corrected chi connectivity index (χ1v) is 7.51. The van der Waals surface area contributed by atoms with Crippen LogP contribution in [-0.4, -0.2) is 46.6 Å². The number of hydrogen-bond donors (Lipinski definition) is 1. The van der Waals surface area contributed by atoms with Gasteiger partial charge in [-0.3, -0.25) is 19.3 Å². The highest BCUT2D eigenvalue weighted by atomic mass is 35.5. The zero-order valence-electron chi connectivity index (χ0n) is 12.5. The van der Waals surface area contributed by atoms with Crippen LogP contribution in [0.4, 0.5) is 4.79 Å². The Hall–Kier alpha value is -2.41. The Bertz CT molecular complexity index is 662. The lowest BCUT2D eigenvalue weighted by Gasteiger charge is -2.14. The number of amides is 5. The second-order valence-electron chi connectivity index (χ2n) is 5.00. The van der Waals surface area contributed by atoms with E-state index in [9.17, 15) is 19.2 Å². The number of imide groups is 2. The van der Waals surface area contributed by atoms with Gasteiger partial charge < -0.3 is 5.32 Å². The van der Waals surface area contributed by atoms with Crippen molar-refractivity contribution in [1.82, 2.24) is 15.1 Å². The maximum absolute atomic E-state index is 12.0. The molecule has 8 heteroatoms. The molecule has 1 N–H and O–H groups in total. The minimum atomic E-state index is -0.976. The third kappa shape index (κ3) is 3.68. The Balaban J connectivity index is 1.95. The summed E-state index contributed by atoms with van der Waals surface area (Å²) in [5.74, 6) is -2.41. The molecule has 0 unspecified atom stereocenters. The van der Waals surface area contributed by atoms with Gasteiger partial charge in [-0.1, -0.05) is 36.7 Å². The van der Waals surface area contributed by atoms with Crippen molar-refractivity contribution in [1.29, 1.82) is 0 Å². The van der Waals surface area contributed by atoms with E-state index in [0.29, 0.717) is 21.9 Å². The van der Waals surface area contributed by atoms with E-state index in [4.69, 9.17) is 11.6 Å². The van der Waals surface area contributed by atoms with Crippen molar-refractivity contribution < 1.29 is 19.2 Å². The summed E-state index contributed by atoms with van der Waals surface area (Å²) in [5.41, 5.74) is 0.713. The van der Waals surface area contributed by atoms with Crippen LogP contribution in [0.5, 0.6) is 0 Å². The lowest BCUT2D eigenvalue weighted by Crippen LogP contribution is -2.41. The normalized spacial score (nSPS) is 14.6. The van der Waals surface area contributed by atoms with Crippen molar-refractivity contribution in [3.8, 4) is 0 Å². The van der Waals surface area contributed by atoms with Gasteiger partial charge in [0.2, 0.25) is 5.91 Å². The molecule has 0 bridgehead atoms. The summed E-state index contributed by atoms with van der Waals surface area (Å²) in [6.07, 6.45) is 0.539. The van der Waals surface area contributed by atoms with Crippen LogP contribution >= 0.6 is 11.6 Å². The Morgan fingerprint density at radius 1 is 1.13 bits per heavy atom. The number of nitrogens with zero attached hydrogens (tertiary/aromatic N) is 2. The molecule has 0 radical (unpaired) electrons. The van der Waals surface area contributed by atoms with Crippen LogP contribution in [0.2, 0.25) is 5.02 Å². The van der Waals surface area contributed by atoms with Crippen LogP contribution in [0.1, 0.15) is 18.9 Å². The van der Waals surface area contributed by atoms with E-state index in [1.807, 2.05) is 0 Å². The fourth-order valence-corrected chi connectivity index (χ4v) is 2.35. The van der Waals surface area contributed by atoms with Gasteiger partial charge in [-0.15, -0.1) is 0 Å². The quantitative estimate of drug-likeness (QED) is 0.623. The molecule has 0 saturated carbocycles. The van der Waals surface area contributed by atoms with E-state index in [1.54, 1.807) is 31.2 Å². The molecule has 7 nitrogen and oxygen atoms in total. The van der Waals surface area contributed by atoms with E-state index in [2.05, 4.69) is 5.32 Å². The Kier molecular flexibility index (Phi) is 5.33. The zero-order chi connectivity index (χ0) is 17.0. The predicted molar refractivity (Wildman–Crippen MR) is 82.4 cm³/mol. The molecule has 0 aromatic heterocycles. The van der Waals surface area contributed by atoms with E-state index in [1.165, 1.54) is 0 Å². The molecule has 0 atom stereocenters. The second kappa shape index (κ2) is 7.23. The second-order valence-corrected chi connectivity index (χ2v) is 5.41. The van der Waals surface area contributed by atoms with Crippen LogP contribution < -0.4 is 5.32 Å². The monoisotopic (exact) mass is 337 g/mol. The van der Waals surface area contributed by atoms with Crippen molar-refractivity contribution >= 4 is 35.4 Å². The van der Waals surface area contributed by atoms with Gasteiger partial charge in [0.05, 0.1) is 0 Å². The summed E-state index contributed by atoms with van der Waals surface area (Å²) >= 11 is 5.98. The molecular weight excluding hydrogens is 322 g/mol. The Morgan fingerprint density at radius 2 is 1.78 bits per heavy atom. The van der Waals surface area contributed by atoms with Crippen LogP contribution in [0.25, 0.3) is 0 Å². The minimum absolute atomic E-state index is 0.154. The number of carbonyl (C=O) groups excluding carboxylic acids is 4. The first kappa shape index (κ1) is 17.0. The standard InChI is InChI=1S/C15H16ClN3O4/c1-2-7-18-13(21)14(22)19(15(18)23)9-12(20)17-8-10-5-3-4-6-11(10)16/h3-6H,2,7-9H2,1H3,(H,17,20). The van der Waals surface area contributed by atoms with Crippen molar-refractivity contribution in [3.05, 3.63) is 34.9 Å². The van der Waals surface area contributed by atoms with Gasteiger partial charge >= 0.3 is 17.8 Å². The smallest absolute Gasteiger partial charge is 0.334 e. The number of hydrogen-bond acceptors (Lipinski definition) is 4. The van der Waals surface area contributed by atoms with Gasteiger partial charge in [0, 0.05) is 18.1 Å². The Labute approximate surface area is 138 Å². The van der Waals surface area contributed by atoms with Gasteiger partial charge in [-0.2, -0.15) is 0 Å². The number of urea groups is 1. The van der Waals surface area contributed by atoms with E-state index in [0.717, 1.165) is 4.90 Å². The van der Waals surface area contributed by atoms with Crippen LogP contribution in [-0.2, 0) is 20.9 Å². The zero-order valence-corrected chi connectivity index (χ0v) is 13.3. The average Bonchev–Trinajstić information content (AvgIpc) is 2.72. The molecule has 0 aliphatic carbocycles. The predicted octanol–water partition coefficient (Wildman–Crippen LogP) is 1.16. The highest BCUT2D eigenvalue weighted by Gasteiger charge is 2.44. The van der Waals surface area contributed by atoms with Crippen LogP contribution in [0.15, 0.2) is 24.3 Å². The first-order valence-electron chi connectivity index (χ1n) is 7.13. The fraction of sp³-hybridized carbons (Fsp3) is 0.333. The molecule has 1 aromatic carbocycles. The highest BCUT2D eigenvalue weighted by molar-refractivity contribution is 6.45. The van der Waals surface area contributed by atoms with Gasteiger partial charge in [0.25, 0.3) is 0 Å². The third-order valence-electron chi connectivity index (χ3n) is 3.32. The number of rotatable bonds is 6. The summed E-state index contributed by atoms with van der Waals surface area (Å²) in [6.45, 7) is 1.61. The summed E-state index contributed by atoms with van der Waals surface area (Å²) in [7, 11) is 0. The maximum Gasteiger partial charge on any atom is 0.334 e. The molecule has 23 heavy (non-hydrogen) atoms. The third-order valence-corrected chi connectivity index (χ3v) is 3.69. The number of benzene rings is 1. The number of nitrogens with one attached hydrogen (secondary N) is 1. The van der Waals surface area contributed by atoms with Crippen LogP contribution in [0, 0.1) is 0 Å².